The SMILES string of the molecule is CNCCNC(=O)c1ccc(S(=O)(=O)N2CC(C)OC(C)C2)cc1. The van der Waals surface area contributed by atoms with Gasteiger partial charge < -0.3 is 15.4 Å². The van der Waals surface area contributed by atoms with Crippen molar-refractivity contribution in [3.8, 4) is 0 Å². The highest BCUT2D eigenvalue weighted by atomic mass is 32.2. The van der Waals surface area contributed by atoms with E-state index < -0.39 is 10.0 Å². The zero-order valence-electron chi connectivity index (χ0n) is 14.3. The first-order chi connectivity index (χ1) is 11.3. The van der Waals surface area contributed by atoms with Gasteiger partial charge in [-0.25, -0.2) is 8.42 Å². The highest BCUT2D eigenvalue weighted by Crippen LogP contribution is 2.21. The van der Waals surface area contributed by atoms with E-state index in [-0.39, 0.29) is 23.0 Å². The van der Waals surface area contributed by atoms with Crippen LogP contribution < -0.4 is 10.6 Å². The molecular weight excluding hydrogens is 330 g/mol. The molecule has 1 aromatic rings. The van der Waals surface area contributed by atoms with Gasteiger partial charge in [-0.1, -0.05) is 0 Å². The topological polar surface area (TPSA) is 87.7 Å². The molecule has 2 rings (SSSR count). The molecule has 2 unspecified atom stereocenters. The highest BCUT2D eigenvalue weighted by molar-refractivity contribution is 7.89. The van der Waals surface area contributed by atoms with Crippen molar-refractivity contribution >= 4 is 15.9 Å². The number of sulfonamides is 1. The molecule has 0 radical (unpaired) electrons. The van der Waals surface area contributed by atoms with Crippen molar-refractivity contribution in [3.63, 3.8) is 0 Å². The van der Waals surface area contributed by atoms with E-state index in [1.807, 2.05) is 13.8 Å². The first-order valence-corrected chi connectivity index (χ1v) is 9.47. The number of nitrogens with one attached hydrogen (secondary N) is 2. The van der Waals surface area contributed by atoms with Gasteiger partial charge in [-0.3, -0.25) is 4.79 Å². The number of likely N-dealkylation sites (N-methyl/N-ethyl adjacent to an activating group) is 1. The molecule has 1 amide bonds. The molecule has 24 heavy (non-hydrogen) atoms. The lowest BCUT2D eigenvalue weighted by atomic mass is 10.2. The number of morpholine rings is 1. The van der Waals surface area contributed by atoms with Crippen LogP contribution in [0.2, 0.25) is 0 Å². The fraction of sp³-hybridized carbons (Fsp3) is 0.562. The van der Waals surface area contributed by atoms with Gasteiger partial charge in [-0.2, -0.15) is 4.31 Å². The minimum atomic E-state index is -3.58. The fourth-order valence-electron chi connectivity index (χ4n) is 2.66. The molecule has 0 spiro atoms. The molecular formula is C16H25N3O4S. The Kier molecular flexibility index (Phi) is 6.34. The summed E-state index contributed by atoms with van der Waals surface area (Å²) in [5, 5.41) is 5.69. The molecule has 0 bridgehead atoms. The van der Waals surface area contributed by atoms with Crippen molar-refractivity contribution < 1.29 is 17.9 Å². The summed E-state index contributed by atoms with van der Waals surface area (Å²) in [6, 6.07) is 6.03. The Labute approximate surface area is 143 Å². The maximum atomic E-state index is 12.7. The smallest absolute Gasteiger partial charge is 0.251 e. The van der Waals surface area contributed by atoms with Crippen LogP contribution >= 0.6 is 0 Å². The van der Waals surface area contributed by atoms with Crippen LogP contribution in [-0.2, 0) is 14.8 Å². The van der Waals surface area contributed by atoms with Crippen LogP contribution in [0.15, 0.2) is 29.2 Å². The Hall–Kier alpha value is -1.48. The number of hydrogen-bond donors (Lipinski definition) is 2. The third-order valence-corrected chi connectivity index (χ3v) is 5.65. The summed E-state index contributed by atoms with van der Waals surface area (Å²) >= 11 is 0. The van der Waals surface area contributed by atoms with Gasteiger partial charge in [0.1, 0.15) is 0 Å². The first-order valence-electron chi connectivity index (χ1n) is 8.03. The number of benzene rings is 1. The zero-order valence-corrected chi connectivity index (χ0v) is 15.1. The monoisotopic (exact) mass is 355 g/mol. The number of nitrogens with zero attached hydrogens (tertiary/aromatic N) is 1. The largest absolute Gasteiger partial charge is 0.373 e. The molecule has 1 heterocycles. The number of hydrogen-bond acceptors (Lipinski definition) is 5. The van der Waals surface area contributed by atoms with Gasteiger partial charge in [0.25, 0.3) is 5.91 Å². The molecule has 0 aromatic heterocycles. The summed E-state index contributed by atoms with van der Waals surface area (Å²) in [6.07, 6.45) is -0.276. The van der Waals surface area contributed by atoms with Gasteiger partial charge in [0.2, 0.25) is 10.0 Å². The second-order valence-corrected chi connectivity index (χ2v) is 7.90. The van der Waals surface area contributed by atoms with Crippen LogP contribution in [0, 0.1) is 0 Å². The lowest BCUT2D eigenvalue weighted by Crippen LogP contribution is -2.48. The second kappa shape index (κ2) is 8.06. The van der Waals surface area contributed by atoms with Gasteiger partial charge in [-0.05, 0) is 45.2 Å². The quantitative estimate of drug-likeness (QED) is 0.723. The van der Waals surface area contributed by atoms with Gasteiger partial charge >= 0.3 is 0 Å². The van der Waals surface area contributed by atoms with E-state index in [4.69, 9.17) is 4.74 Å². The molecule has 2 atom stereocenters. The van der Waals surface area contributed by atoms with Crippen LogP contribution in [0.25, 0.3) is 0 Å². The van der Waals surface area contributed by atoms with Crippen LogP contribution in [0.5, 0.6) is 0 Å². The summed E-state index contributed by atoms with van der Waals surface area (Å²) in [4.78, 5) is 12.1. The van der Waals surface area contributed by atoms with E-state index in [1.54, 1.807) is 7.05 Å². The van der Waals surface area contributed by atoms with Crippen molar-refractivity contribution in [1.29, 1.82) is 0 Å². The standard InChI is InChI=1S/C16H25N3O4S/c1-12-10-19(11-13(2)23-12)24(21,22)15-6-4-14(5-7-15)16(20)18-9-8-17-3/h4-7,12-13,17H,8-11H2,1-3H3,(H,18,20). The van der Waals surface area contributed by atoms with Crippen molar-refractivity contribution in [2.24, 2.45) is 0 Å². The van der Waals surface area contributed by atoms with Crippen molar-refractivity contribution in [3.05, 3.63) is 29.8 Å². The molecule has 134 valence electrons. The molecule has 2 N–H and O–H groups in total. The lowest BCUT2D eigenvalue weighted by Gasteiger charge is -2.34. The lowest BCUT2D eigenvalue weighted by molar-refractivity contribution is -0.0440. The maximum absolute atomic E-state index is 12.7. The maximum Gasteiger partial charge on any atom is 0.251 e. The van der Waals surface area contributed by atoms with Crippen molar-refractivity contribution in [1.82, 2.24) is 14.9 Å². The number of amides is 1. The van der Waals surface area contributed by atoms with Gasteiger partial charge in [0, 0.05) is 31.7 Å². The highest BCUT2D eigenvalue weighted by Gasteiger charge is 2.32. The minimum Gasteiger partial charge on any atom is -0.373 e. The molecule has 1 saturated heterocycles. The molecule has 1 aliphatic heterocycles. The molecule has 7 nitrogen and oxygen atoms in total. The van der Waals surface area contributed by atoms with E-state index in [9.17, 15) is 13.2 Å². The molecule has 1 aromatic carbocycles. The van der Waals surface area contributed by atoms with Crippen LogP contribution in [0.4, 0.5) is 0 Å². The van der Waals surface area contributed by atoms with E-state index in [2.05, 4.69) is 10.6 Å². The number of ether oxygens (including phenoxy) is 1. The average Bonchev–Trinajstić information content (AvgIpc) is 2.54. The molecule has 1 aliphatic rings. The van der Waals surface area contributed by atoms with E-state index in [1.165, 1.54) is 28.6 Å². The number of carbonyl (C=O) groups is 1. The Morgan fingerprint density at radius 3 is 2.29 bits per heavy atom. The fourth-order valence-corrected chi connectivity index (χ4v) is 4.25. The second-order valence-electron chi connectivity index (χ2n) is 5.96. The van der Waals surface area contributed by atoms with Crippen LogP contribution in [0.1, 0.15) is 24.2 Å². The molecule has 8 heteroatoms. The number of carbonyl (C=O) groups excluding carboxylic acids is 1. The third kappa shape index (κ3) is 4.54. The van der Waals surface area contributed by atoms with Crippen molar-refractivity contribution in [2.45, 2.75) is 31.0 Å². The Morgan fingerprint density at radius 1 is 1.17 bits per heavy atom. The van der Waals surface area contributed by atoms with E-state index >= 15 is 0 Å². The van der Waals surface area contributed by atoms with Crippen molar-refractivity contribution in [2.75, 3.05) is 33.2 Å². The molecule has 1 fully saturated rings. The van der Waals surface area contributed by atoms with Gasteiger partial charge in [0.05, 0.1) is 17.1 Å². The van der Waals surface area contributed by atoms with E-state index in [0.29, 0.717) is 31.7 Å². The normalized spacial score (nSPS) is 22.3. The number of rotatable bonds is 6. The molecule has 0 aliphatic carbocycles. The minimum absolute atomic E-state index is 0.138. The predicted octanol–water partition coefficient (Wildman–Crippen LogP) is 0.434. The average molecular weight is 355 g/mol. The Balaban J connectivity index is 2.10. The van der Waals surface area contributed by atoms with Crippen LogP contribution in [-0.4, -0.2) is 64.1 Å². The summed E-state index contributed by atoms with van der Waals surface area (Å²) in [7, 11) is -1.77. The predicted molar refractivity (Wildman–Crippen MR) is 91.5 cm³/mol. The molecule has 0 saturated carbocycles. The summed E-state index contributed by atoms with van der Waals surface area (Å²) in [5.74, 6) is -0.220. The third-order valence-electron chi connectivity index (χ3n) is 3.80. The first kappa shape index (κ1) is 18.9. The Bertz CT molecular complexity index is 650. The summed E-state index contributed by atoms with van der Waals surface area (Å²) in [5.41, 5.74) is 0.439. The van der Waals surface area contributed by atoms with Gasteiger partial charge in [-0.15, -0.1) is 0 Å². The summed E-state index contributed by atoms with van der Waals surface area (Å²) in [6.45, 7) is 5.57. The van der Waals surface area contributed by atoms with E-state index in [0.717, 1.165) is 0 Å². The van der Waals surface area contributed by atoms with Crippen LogP contribution in [0.3, 0.4) is 0 Å². The summed E-state index contributed by atoms with van der Waals surface area (Å²) < 4.78 is 32.5. The zero-order chi connectivity index (χ0) is 17.7. The van der Waals surface area contributed by atoms with Gasteiger partial charge in [0.15, 0.2) is 0 Å². The Morgan fingerprint density at radius 2 is 1.75 bits per heavy atom.